The summed E-state index contributed by atoms with van der Waals surface area (Å²) in [7, 11) is 5.67. The molecule has 0 saturated heterocycles. The molecule has 2 heterocycles. The summed E-state index contributed by atoms with van der Waals surface area (Å²) < 4.78 is 5.79. The number of carbonyl (C=O) groups is 1. The van der Waals surface area contributed by atoms with Gasteiger partial charge in [-0.15, -0.1) is 0 Å². The molecule has 8 nitrogen and oxygen atoms in total. The van der Waals surface area contributed by atoms with Gasteiger partial charge in [-0.2, -0.15) is 0 Å². The molecule has 5 rings (SSSR count). The Bertz CT molecular complexity index is 1630. The average Bonchev–Trinajstić information content (AvgIpc) is 3.46. The number of fused-ring (bicyclic) bond motifs is 1. The van der Waals surface area contributed by atoms with Gasteiger partial charge in [0.2, 0.25) is 0 Å². The minimum absolute atomic E-state index is 0.147. The van der Waals surface area contributed by atoms with E-state index in [1.807, 2.05) is 56.7 Å². The molecule has 1 aliphatic rings. The molecule has 3 N–H and O–H groups in total. The maximum Gasteiger partial charge on any atom is 0.323 e. The molecule has 1 aliphatic heterocycles. The maximum atomic E-state index is 13.5. The Morgan fingerprint density at radius 3 is 2.36 bits per heavy atom. The molecule has 2 amide bonds. The number of thioether (sulfide) groups is 1. The van der Waals surface area contributed by atoms with Crippen LogP contribution in [0.3, 0.4) is 0 Å². The van der Waals surface area contributed by atoms with Gasteiger partial charge < -0.3 is 25.6 Å². The Kier molecular flexibility index (Phi) is 8.70. The lowest BCUT2D eigenvalue weighted by molar-refractivity contribution is 0.262. The van der Waals surface area contributed by atoms with E-state index in [0.717, 1.165) is 62.9 Å². The summed E-state index contributed by atoms with van der Waals surface area (Å²) in [4.78, 5) is 24.7. The van der Waals surface area contributed by atoms with Gasteiger partial charge >= 0.3 is 6.03 Å². The molecular formula is C33H38N6O2S. The van der Waals surface area contributed by atoms with Crippen LogP contribution in [0.25, 0.3) is 21.9 Å². The summed E-state index contributed by atoms with van der Waals surface area (Å²) in [5.74, 6) is 1.50. The largest absolute Gasteiger partial charge is 0.492 e. The van der Waals surface area contributed by atoms with Crippen LogP contribution in [0, 0.1) is 0 Å². The van der Waals surface area contributed by atoms with Crippen LogP contribution in [0.4, 0.5) is 21.9 Å². The van der Waals surface area contributed by atoms with Crippen molar-refractivity contribution in [2.75, 3.05) is 49.5 Å². The fraction of sp³-hybridized carbons (Fsp3) is 0.303. The minimum atomic E-state index is -0.356. The van der Waals surface area contributed by atoms with Gasteiger partial charge in [-0.3, -0.25) is 9.98 Å². The van der Waals surface area contributed by atoms with Gasteiger partial charge in [-0.1, -0.05) is 68.9 Å². The number of urea groups is 1. The lowest BCUT2D eigenvalue weighted by Crippen LogP contribution is -2.21. The van der Waals surface area contributed by atoms with Gasteiger partial charge in [0.25, 0.3) is 0 Å². The Morgan fingerprint density at radius 2 is 1.71 bits per heavy atom. The van der Waals surface area contributed by atoms with Crippen molar-refractivity contribution >= 4 is 50.8 Å². The molecule has 0 saturated carbocycles. The maximum absolute atomic E-state index is 13.5. The third-order valence-corrected chi connectivity index (χ3v) is 7.91. The number of hydrogen-bond acceptors (Lipinski definition) is 7. The number of methoxy groups -OCH3 is 1. The molecule has 0 bridgehead atoms. The predicted molar refractivity (Wildman–Crippen MR) is 177 cm³/mol. The highest BCUT2D eigenvalue weighted by Gasteiger charge is 2.22. The van der Waals surface area contributed by atoms with Crippen molar-refractivity contribution in [2.24, 2.45) is 4.99 Å². The third kappa shape index (κ3) is 6.69. The van der Waals surface area contributed by atoms with E-state index in [4.69, 9.17) is 4.74 Å². The summed E-state index contributed by atoms with van der Waals surface area (Å²) in [6.45, 7) is 8.00. The number of nitrogens with one attached hydrogen (secondary N) is 3. The molecule has 3 aromatic carbocycles. The van der Waals surface area contributed by atoms with Crippen LogP contribution in [-0.4, -0.2) is 54.6 Å². The molecule has 4 aromatic rings. The predicted octanol–water partition coefficient (Wildman–Crippen LogP) is 7.43. The zero-order valence-electron chi connectivity index (χ0n) is 25.0. The van der Waals surface area contributed by atoms with Crippen LogP contribution >= 0.6 is 11.8 Å². The lowest BCUT2D eigenvalue weighted by Gasteiger charge is -2.24. The van der Waals surface area contributed by atoms with Crippen molar-refractivity contribution in [1.29, 1.82) is 0 Å². The zero-order chi connectivity index (χ0) is 29.9. The lowest BCUT2D eigenvalue weighted by atomic mass is 9.86. The molecule has 0 spiro atoms. The Labute approximate surface area is 252 Å². The quantitative estimate of drug-likeness (QED) is 0.210. The minimum Gasteiger partial charge on any atom is -0.492 e. The zero-order valence-corrected chi connectivity index (χ0v) is 25.9. The van der Waals surface area contributed by atoms with Crippen molar-refractivity contribution < 1.29 is 9.53 Å². The summed E-state index contributed by atoms with van der Waals surface area (Å²) >= 11 is 1.67. The van der Waals surface area contributed by atoms with Crippen LogP contribution in [-0.2, 0) is 12.0 Å². The highest BCUT2D eigenvalue weighted by molar-refractivity contribution is 8.14. The number of amidine groups is 1. The van der Waals surface area contributed by atoms with Crippen molar-refractivity contribution in [3.63, 3.8) is 0 Å². The number of ether oxygens (including phenoxy) is 1. The molecular weight excluding hydrogens is 544 g/mol. The monoisotopic (exact) mass is 582 g/mol. The van der Waals surface area contributed by atoms with Gasteiger partial charge in [-0.05, 0) is 60.3 Å². The van der Waals surface area contributed by atoms with Gasteiger partial charge in [0.15, 0.2) is 10.9 Å². The first-order valence-corrected chi connectivity index (χ1v) is 15.0. The number of hydrogen-bond donors (Lipinski definition) is 3. The number of carbonyl (C=O) groups excluding carboxylic acids is 1. The van der Waals surface area contributed by atoms with Gasteiger partial charge in [-0.25, -0.2) is 4.79 Å². The standard InChI is InChI=1S/C33H38N6O2S/c1-33(2,3)22-17-28(30(41-6)29(18-22)38-32-34-15-16-42-32)37-31(40)36-27-14-13-24(25-9-7-8-10-26(25)27)21-11-12-23(35-19-21)20-39(4)5/h7-14,17-19H,15-16,20H2,1-6H3,(H,34,38)(H2,36,37,40). The molecule has 0 unspecified atom stereocenters. The number of benzene rings is 3. The molecule has 42 heavy (non-hydrogen) atoms. The van der Waals surface area contributed by atoms with Crippen molar-refractivity contribution in [2.45, 2.75) is 32.7 Å². The molecule has 0 aliphatic carbocycles. The first kappa shape index (κ1) is 29.4. The van der Waals surface area contributed by atoms with Crippen molar-refractivity contribution in [3.8, 4) is 16.9 Å². The smallest absolute Gasteiger partial charge is 0.323 e. The van der Waals surface area contributed by atoms with E-state index in [0.29, 0.717) is 17.1 Å². The van der Waals surface area contributed by atoms with Crippen LogP contribution < -0.4 is 20.7 Å². The molecule has 0 atom stereocenters. The Morgan fingerprint density at radius 1 is 0.976 bits per heavy atom. The fourth-order valence-electron chi connectivity index (χ4n) is 4.93. The van der Waals surface area contributed by atoms with E-state index >= 15 is 0 Å². The SMILES string of the molecule is COc1c(NC(=O)Nc2ccc(-c3ccc(CN(C)C)nc3)c3ccccc23)cc(C(C)(C)C)cc1NC1=NCCS1. The molecule has 218 valence electrons. The topological polar surface area (TPSA) is 90.9 Å². The summed E-state index contributed by atoms with van der Waals surface area (Å²) in [6, 6.07) is 19.9. The highest BCUT2D eigenvalue weighted by atomic mass is 32.2. The van der Waals surface area contributed by atoms with Gasteiger partial charge in [0.05, 0.1) is 36.4 Å². The van der Waals surface area contributed by atoms with E-state index in [1.54, 1.807) is 18.9 Å². The number of aliphatic imine (C=N–C) groups is 1. The first-order chi connectivity index (χ1) is 20.1. The number of rotatable bonds is 7. The number of nitrogens with zero attached hydrogens (tertiary/aromatic N) is 3. The number of aromatic nitrogens is 1. The summed E-state index contributed by atoms with van der Waals surface area (Å²) in [5.41, 5.74) is 6.08. The fourth-order valence-corrected chi connectivity index (χ4v) is 5.67. The van der Waals surface area contributed by atoms with E-state index in [2.05, 4.69) is 75.9 Å². The van der Waals surface area contributed by atoms with E-state index in [-0.39, 0.29) is 11.4 Å². The van der Waals surface area contributed by atoms with Gasteiger partial charge in [0.1, 0.15) is 0 Å². The number of pyridine rings is 1. The number of anilines is 3. The van der Waals surface area contributed by atoms with E-state index in [1.165, 1.54) is 0 Å². The third-order valence-electron chi connectivity index (χ3n) is 7.02. The summed E-state index contributed by atoms with van der Waals surface area (Å²) in [6.07, 6.45) is 1.91. The molecule has 0 fully saturated rings. The summed E-state index contributed by atoms with van der Waals surface area (Å²) in [5, 5.41) is 12.3. The Balaban J connectivity index is 1.43. The molecule has 1 aromatic heterocycles. The second kappa shape index (κ2) is 12.4. The van der Waals surface area contributed by atoms with Crippen LogP contribution in [0.15, 0.2) is 71.9 Å². The highest BCUT2D eigenvalue weighted by Crippen LogP contribution is 2.40. The normalized spacial score (nSPS) is 13.3. The van der Waals surface area contributed by atoms with E-state index < -0.39 is 0 Å². The van der Waals surface area contributed by atoms with Gasteiger partial charge in [0, 0.05) is 29.4 Å². The van der Waals surface area contributed by atoms with Crippen molar-refractivity contribution in [1.82, 2.24) is 9.88 Å². The van der Waals surface area contributed by atoms with Crippen LogP contribution in [0.5, 0.6) is 5.75 Å². The molecule has 9 heteroatoms. The first-order valence-electron chi connectivity index (χ1n) is 14.0. The average molecular weight is 583 g/mol. The Hall–Kier alpha value is -4.08. The molecule has 0 radical (unpaired) electrons. The van der Waals surface area contributed by atoms with Crippen molar-refractivity contribution in [3.05, 3.63) is 78.1 Å². The van der Waals surface area contributed by atoms with E-state index in [9.17, 15) is 4.79 Å². The number of amides is 2. The van der Waals surface area contributed by atoms with Crippen LogP contribution in [0.1, 0.15) is 32.0 Å². The van der Waals surface area contributed by atoms with Crippen LogP contribution in [0.2, 0.25) is 0 Å². The second-order valence-electron chi connectivity index (χ2n) is 11.6. The second-order valence-corrected chi connectivity index (χ2v) is 12.7.